The van der Waals surface area contributed by atoms with Gasteiger partial charge in [0, 0.05) is 11.4 Å². The number of amides is 1. The second kappa shape index (κ2) is 11.1. The summed E-state index contributed by atoms with van der Waals surface area (Å²) in [5.41, 5.74) is 8.90. The van der Waals surface area contributed by atoms with Crippen molar-refractivity contribution < 1.29 is 14.3 Å². The second-order valence-corrected chi connectivity index (χ2v) is 7.66. The zero-order valence-corrected chi connectivity index (χ0v) is 18.6. The smallest absolute Gasteiger partial charge is 0.337 e. The molecule has 9 nitrogen and oxygen atoms in total. The van der Waals surface area contributed by atoms with Gasteiger partial charge in [-0.25, -0.2) is 4.79 Å². The molecule has 1 amide bonds. The van der Waals surface area contributed by atoms with Crippen molar-refractivity contribution in [2.24, 2.45) is 0 Å². The molecule has 0 bridgehead atoms. The summed E-state index contributed by atoms with van der Waals surface area (Å²) in [6.07, 6.45) is 0.868. The lowest BCUT2D eigenvalue weighted by molar-refractivity contribution is -0.113. The highest BCUT2D eigenvalue weighted by Gasteiger charge is 2.10. The third kappa shape index (κ3) is 6.42. The monoisotopic (exact) mass is 452 g/mol. The maximum Gasteiger partial charge on any atom is 0.337 e. The summed E-state index contributed by atoms with van der Waals surface area (Å²) in [4.78, 5) is 36.4. The van der Waals surface area contributed by atoms with Gasteiger partial charge in [0.05, 0.1) is 24.2 Å². The molecule has 0 radical (unpaired) electrons. The first-order chi connectivity index (χ1) is 15.5. The predicted molar refractivity (Wildman–Crippen MR) is 126 cm³/mol. The van der Waals surface area contributed by atoms with E-state index in [-0.39, 0.29) is 17.6 Å². The lowest BCUT2D eigenvalue weighted by Crippen LogP contribution is -2.14. The molecule has 32 heavy (non-hydrogen) atoms. The SMILES string of the molecule is CCc1ccccc1Nc1nc(N)nc(CSCC(=O)Nc2ccc(C(=O)OC)cc2)n1. The van der Waals surface area contributed by atoms with Gasteiger partial charge in [-0.05, 0) is 42.3 Å². The molecule has 1 heterocycles. The van der Waals surface area contributed by atoms with Crippen molar-refractivity contribution in [3.05, 3.63) is 65.5 Å². The van der Waals surface area contributed by atoms with Crippen LogP contribution in [-0.2, 0) is 21.7 Å². The van der Waals surface area contributed by atoms with Gasteiger partial charge in [-0.3, -0.25) is 4.79 Å². The number of carbonyl (C=O) groups is 2. The number of benzene rings is 2. The number of carbonyl (C=O) groups excluding carboxylic acids is 2. The van der Waals surface area contributed by atoms with Crippen LogP contribution >= 0.6 is 11.8 Å². The number of aromatic nitrogens is 3. The number of aryl methyl sites for hydroxylation is 1. The molecular weight excluding hydrogens is 428 g/mol. The minimum atomic E-state index is -0.429. The van der Waals surface area contributed by atoms with Crippen molar-refractivity contribution in [1.29, 1.82) is 0 Å². The molecule has 10 heteroatoms. The molecule has 0 aliphatic rings. The number of anilines is 4. The Bertz CT molecular complexity index is 1090. The van der Waals surface area contributed by atoms with Crippen LogP contribution in [0.4, 0.5) is 23.3 Å². The minimum Gasteiger partial charge on any atom is -0.465 e. The standard InChI is InChI=1S/C22H24N6O3S/c1-3-14-6-4-5-7-17(14)25-22-27-18(26-21(23)28-22)12-32-13-19(29)24-16-10-8-15(9-11-16)20(30)31-2/h4-11H,3,12-13H2,1-2H3,(H,24,29)(H3,23,25,26,27,28). The van der Waals surface area contributed by atoms with E-state index in [9.17, 15) is 9.59 Å². The Morgan fingerprint density at radius 1 is 1.06 bits per heavy atom. The number of hydrogen-bond donors (Lipinski definition) is 3. The van der Waals surface area contributed by atoms with Gasteiger partial charge >= 0.3 is 5.97 Å². The number of rotatable bonds is 9. The number of methoxy groups -OCH3 is 1. The molecule has 0 atom stereocenters. The highest BCUT2D eigenvalue weighted by Crippen LogP contribution is 2.20. The van der Waals surface area contributed by atoms with E-state index in [4.69, 9.17) is 5.73 Å². The van der Waals surface area contributed by atoms with E-state index in [1.807, 2.05) is 24.3 Å². The molecule has 0 unspecified atom stereocenters. The number of nitrogens with one attached hydrogen (secondary N) is 2. The number of esters is 1. The normalized spacial score (nSPS) is 10.4. The van der Waals surface area contributed by atoms with Crippen molar-refractivity contribution in [2.45, 2.75) is 19.1 Å². The maximum absolute atomic E-state index is 12.2. The number of nitrogen functional groups attached to an aromatic ring is 1. The Kier molecular flexibility index (Phi) is 7.98. The van der Waals surface area contributed by atoms with Gasteiger partial charge in [-0.15, -0.1) is 11.8 Å². The summed E-state index contributed by atoms with van der Waals surface area (Å²) in [6, 6.07) is 14.4. The predicted octanol–water partition coefficient (Wildman–Crippen LogP) is 3.42. The fourth-order valence-electron chi connectivity index (χ4n) is 2.87. The molecule has 4 N–H and O–H groups in total. The molecule has 2 aromatic carbocycles. The van der Waals surface area contributed by atoms with Gasteiger partial charge in [0.25, 0.3) is 0 Å². The molecule has 0 spiro atoms. The number of nitrogens with zero attached hydrogens (tertiary/aromatic N) is 3. The highest BCUT2D eigenvalue weighted by molar-refractivity contribution is 7.99. The van der Waals surface area contributed by atoms with Gasteiger partial charge in [0.2, 0.25) is 17.8 Å². The average molecular weight is 453 g/mol. The van der Waals surface area contributed by atoms with Crippen molar-refractivity contribution >= 4 is 46.9 Å². The minimum absolute atomic E-state index is 0.113. The quantitative estimate of drug-likeness (QED) is 0.418. The van der Waals surface area contributed by atoms with Crippen LogP contribution in [0.5, 0.6) is 0 Å². The van der Waals surface area contributed by atoms with Crippen LogP contribution in [-0.4, -0.2) is 39.7 Å². The van der Waals surface area contributed by atoms with Crippen molar-refractivity contribution in [3.63, 3.8) is 0 Å². The van der Waals surface area contributed by atoms with Crippen LogP contribution in [0.25, 0.3) is 0 Å². The summed E-state index contributed by atoms with van der Waals surface area (Å²) >= 11 is 1.35. The third-order valence-electron chi connectivity index (χ3n) is 4.40. The van der Waals surface area contributed by atoms with E-state index in [0.717, 1.165) is 17.7 Å². The van der Waals surface area contributed by atoms with E-state index < -0.39 is 5.97 Å². The molecular formula is C22H24N6O3S. The Labute approximate surface area is 190 Å². The Morgan fingerprint density at radius 2 is 1.81 bits per heavy atom. The van der Waals surface area contributed by atoms with Crippen LogP contribution in [0, 0.1) is 0 Å². The van der Waals surface area contributed by atoms with Gasteiger partial charge in [-0.2, -0.15) is 15.0 Å². The molecule has 0 saturated heterocycles. The molecule has 0 fully saturated rings. The molecule has 166 valence electrons. The molecule has 0 saturated carbocycles. The number of hydrogen-bond acceptors (Lipinski definition) is 9. The maximum atomic E-state index is 12.2. The summed E-state index contributed by atoms with van der Waals surface area (Å²) < 4.78 is 4.65. The summed E-state index contributed by atoms with van der Waals surface area (Å²) in [5.74, 6) is 0.942. The Morgan fingerprint density at radius 3 is 2.53 bits per heavy atom. The lowest BCUT2D eigenvalue weighted by atomic mass is 10.1. The third-order valence-corrected chi connectivity index (χ3v) is 5.33. The molecule has 0 aliphatic heterocycles. The average Bonchev–Trinajstić information content (AvgIpc) is 2.79. The molecule has 1 aromatic heterocycles. The highest BCUT2D eigenvalue weighted by atomic mass is 32.2. The van der Waals surface area contributed by atoms with E-state index in [1.54, 1.807) is 24.3 Å². The van der Waals surface area contributed by atoms with Crippen molar-refractivity contribution in [2.75, 3.05) is 29.2 Å². The van der Waals surface area contributed by atoms with Gasteiger partial charge < -0.3 is 21.1 Å². The van der Waals surface area contributed by atoms with Crippen LogP contribution in [0.15, 0.2) is 48.5 Å². The topological polar surface area (TPSA) is 132 Å². The summed E-state index contributed by atoms with van der Waals surface area (Å²) in [5, 5.41) is 5.97. The molecule has 3 rings (SSSR count). The Hall–Kier alpha value is -3.66. The second-order valence-electron chi connectivity index (χ2n) is 6.68. The molecule has 0 aliphatic carbocycles. The summed E-state index contributed by atoms with van der Waals surface area (Å²) in [7, 11) is 1.32. The zero-order valence-electron chi connectivity index (χ0n) is 17.8. The number of ether oxygens (including phenoxy) is 1. The van der Waals surface area contributed by atoms with Gasteiger partial charge in [0.15, 0.2) is 0 Å². The summed E-state index contributed by atoms with van der Waals surface area (Å²) in [6.45, 7) is 2.07. The largest absolute Gasteiger partial charge is 0.465 e. The Balaban J connectivity index is 1.54. The van der Waals surface area contributed by atoms with Crippen LogP contribution in [0.3, 0.4) is 0 Å². The van der Waals surface area contributed by atoms with Gasteiger partial charge in [0.1, 0.15) is 5.82 Å². The van der Waals surface area contributed by atoms with Crippen molar-refractivity contribution in [1.82, 2.24) is 15.0 Å². The van der Waals surface area contributed by atoms with E-state index >= 15 is 0 Å². The van der Waals surface area contributed by atoms with Crippen LogP contribution in [0.1, 0.15) is 28.7 Å². The van der Waals surface area contributed by atoms with Crippen molar-refractivity contribution in [3.8, 4) is 0 Å². The number of nitrogens with two attached hydrogens (primary N) is 1. The first kappa shape index (κ1) is 23.0. The fraction of sp³-hybridized carbons (Fsp3) is 0.227. The van der Waals surface area contributed by atoms with Gasteiger partial charge in [-0.1, -0.05) is 25.1 Å². The fourth-order valence-corrected chi connectivity index (χ4v) is 3.54. The van der Waals surface area contributed by atoms with E-state index in [2.05, 4.69) is 37.2 Å². The van der Waals surface area contributed by atoms with Crippen LogP contribution in [0.2, 0.25) is 0 Å². The number of para-hydroxylation sites is 1. The van der Waals surface area contributed by atoms with Crippen LogP contribution < -0.4 is 16.4 Å². The van der Waals surface area contributed by atoms with E-state index in [1.165, 1.54) is 18.9 Å². The first-order valence-electron chi connectivity index (χ1n) is 9.89. The van der Waals surface area contributed by atoms with E-state index in [0.29, 0.717) is 28.8 Å². The first-order valence-corrected chi connectivity index (χ1v) is 11.0. The lowest BCUT2D eigenvalue weighted by Gasteiger charge is -2.10. The molecule has 3 aromatic rings. The number of thioether (sulfide) groups is 1. The zero-order chi connectivity index (χ0) is 22.9.